The van der Waals surface area contributed by atoms with E-state index < -0.39 is 5.97 Å². The van der Waals surface area contributed by atoms with E-state index in [0.29, 0.717) is 5.82 Å². The van der Waals surface area contributed by atoms with Gasteiger partial charge in [0.15, 0.2) is 0 Å². The van der Waals surface area contributed by atoms with Crippen molar-refractivity contribution in [1.29, 1.82) is 0 Å². The molecule has 0 saturated carbocycles. The first-order valence-electron chi connectivity index (χ1n) is 5.96. The zero-order valence-corrected chi connectivity index (χ0v) is 11.1. The first kappa shape index (κ1) is 12.5. The molecule has 0 bridgehead atoms. The van der Waals surface area contributed by atoms with Gasteiger partial charge in [0, 0.05) is 17.6 Å². The first-order valence-corrected chi connectivity index (χ1v) is 5.96. The van der Waals surface area contributed by atoms with Crippen LogP contribution in [0.4, 0.5) is 0 Å². The Morgan fingerprint density at radius 2 is 2.06 bits per heavy atom. The van der Waals surface area contributed by atoms with Gasteiger partial charge < -0.3 is 9.67 Å². The molecule has 1 N–H and O–H groups in total. The van der Waals surface area contributed by atoms with E-state index in [0.717, 1.165) is 22.3 Å². The number of rotatable bonds is 3. The summed E-state index contributed by atoms with van der Waals surface area (Å²) in [4.78, 5) is 19.7. The van der Waals surface area contributed by atoms with Crippen molar-refractivity contribution >= 4 is 17.0 Å². The molecule has 0 aliphatic rings. The van der Waals surface area contributed by atoms with Gasteiger partial charge in [-0.15, -0.1) is 0 Å². The van der Waals surface area contributed by atoms with Gasteiger partial charge in [-0.05, 0) is 33.3 Å². The second kappa shape index (κ2) is 4.40. The van der Waals surface area contributed by atoms with Gasteiger partial charge in [-0.2, -0.15) is 0 Å². The van der Waals surface area contributed by atoms with E-state index in [9.17, 15) is 4.79 Å². The van der Waals surface area contributed by atoms with Crippen molar-refractivity contribution in [2.24, 2.45) is 0 Å². The Morgan fingerprint density at radius 3 is 2.61 bits per heavy atom. The van der Waals surface area contributed by atoms with Crippen LogP contribution in [0.2, 0.25) is 0 Å². The van der Waals surface area contributed by atoms with Crippen molar-refractivity contribution in [3.05, 3.63) is 23.3 Å². The average Bonchev–Trinajstić information content (AvgIpc) is 2.55. The first-order chi connectivity index (χ1) is 8.40. The zero-order chi connectivity index (χ0) is 13.4. The van der Waals surface area contributed by atoms with Crippen molar-refractivity contribution in [3.63, 3.8) is 0 Å². The van der Waals surface area contributed by atoms with Crippen LogP contribution in [0.15, 0.2) is 6.20 Å². The highest BCUT2D eigenvalue weighted by molar-refractivity contribution is 5.87. The third-order valence-corrected chi connectivity index (χ3v) is 2.94. The molecule has 0 aliphatic heterocycles. The number of aliphatic carboxylic acids is 1. The topological polar surface area (TPSA) is 68.0 Å². The van der Waals surface area contributed by atoms with Gasteiger partial charge in [-0.25, -0.2) is 9.97 Å². The molecule has 2 aromatic heterocycles. The molecule has 2 rings (SSSR count). The lowest BCUT2D eigenvalue weighted by atomic mass is 10.1. The summed E-state index contributed by atoms with van der Waals surface area (Å²) in [6.07, 6.45) is 1.88. The summed E-state index contributed by atoms with van der Waals surface area (Å²) >= 11 is 0. The minimum atomic E-state index is -0.835. The molecule has 0 aliphatic carbocycles. The van der Waals surface area contributed by atoms with E-state index in [1.807, 2.05) is 24.6 Å². The number of fused-ring (bicyclic) bond motifs is 1. The van der Waals surface area contributed by atoms with Gasteiger partial charge in [0.25, 0.3) is 0 Å². The molecule has 2 aromatic rings. The monoisotopic (exact) mass is 247 g/mol. The minimum Gasteiger partial charge on any atom is -0.481 e. The highest BCUT2D eigenvalue weighted by atomic mass is 16.4. The van der Waals surface area contributed by atoms with E-state index in [-0.39, 0.29) is 12.5 Å². The number of nitrogens with zero attached hydrogens (tertiary/aromatic N) is 3. The Kier molecular flexibility index (Phi) is 3.07. The average molecular weight is 247 g/mol. The minimum absolute atomic E-state index is 0.00345. The third-order valence-electron chi connectivity index (χ3n) is 2.94. The molecule has 0 fully saturated rings. The van der Waals surface area contributed by atoms with Crippen LogP contribution in [0.5, 0.6) is 0 Å². The Hall–Kier alpha value is -1.91. The van der Waals surface area contributed by atoms with Crippen LogP contribution in [0.1, 0.15) is 37.0 Å². The molecule has 0 radical (unpaired) electrons. The fourth-order valence-corrected chi connectivity index (χ4v) is 2.24. The molecular formula is C13H17N3O2. The predicted molar refractivity (Wildman–Crippen MR) is 68.7 cm³/mol. The Morgan fingerprint density at radius 1 is 1.39 bits per heavy atom. The van der Waals surface area contributed by atoms with Crippen LogP contribution in [-0.2, 0) is 11.2 Å². The molecule has 0 amide bonds. The van der Waals surface area contributed by atoms with Gasteiger partial charge in [-0.3, -0.25) is 4.79 Å². The number of hydrogen-bond acceptors (Lipinski definition) is 3. The molecule has 0 aromatic carbocycles. The summed E-state index contributed by atoms with van der Waals surface area (Å²) in [5, 5.41) is 9.84. The van der Waals surface area contributed by atoms with Crippen LogP contribution < -0.4 is 0 Å². The fraction of sp³-hybridized carbons (Fsp3) is 0.462. The Balaban J connectivity index is 2.76. The molecule has 96 valence electrons. The maximum absolute atomic E-state index is 10.9. The lowest BCUT2D eigenvalue weighted by Crippen LogP contribution is -2.01. The quantitative estimate of drug-likeness (QED) is 0.903. The van der Waals surface area contributed by atoms with Crippen molar-refractivity contribution in [3.8, 4) is 0 Å². The second-order valence-electron chi connectivity index (χ2n) is 4.78. The highest BCUT2D eigenvalue weighted by Crippen LogP contribution is 2.25. The highest BCUT2D eigenvalue weighted by Gasteiger charge is 2.17. The number of carboxylic acid groups (broad SMARTS) is 1. The molecule has 5 nitrogen and oxygen atoms in total. The molecule has 2 heterocycles. The summed E-state index contributed by atoms with van der Waals surface area (Å²) in [7, 11) is 0. The molecular weight excluding hydrogens is 230 g/mol. The van der Waals surface area contributed by atoms with E-state index in [1.165, 1.54) is 0 Å². The van der Waals surface area contributed by atoms with Gasteiger partial charge >= 0.3 is 5.97 Å². The summed E-state index contributed by atoms with van der Waals surface area (Å²) in [5.41, 5.74) is 2.45. The zero-order valence-electron chi connectivity index (χ0n) is 11.1. The summed E-state index contributed by atoms with van der Waals surface area (Å²) < 4.78 is 2.01. The molecule has 0 atom stereocenters. The molecule has 0 unspecified atom stereocenters. The standard InChI is InChI=1S/C13H17N3O2/c1-7(2)16-6-10(5-11(17)18)12-8(3)14-9(4)15-13(12)16/h6-7H,5H2,1-4H3,(H,17,18). The smallest absolute Gasteiger partial charge is 0.307 e. The van der Waals surface area contributed by atoms with E-state index >= 15 is 0 Å². The van der Waals surface area contributed by atoms with Crippen LogP contribution >= 0.6 is 0 Å². The lowest BCUT2D eigenvalue weighted by Gasteiger charge is -2.08. The number of carboxylic acids is 1. The third kappa shape index (κ3) is 2.08. The van der Waals surface area contributed by atoms with E-state index in [1.54, 1.807) is 0 Å². The summed E-state index contributed by atoms with van der Waals surface area (Å²) in [5.74, 6) is -0.125. The Labute approximate surface area is 105 Å². The van der Waals surface area contributed by atoms with E-state index in [2.05, 4.69) is 23.8 Å². The SMILES string of the molecule is Cc1nc(C)c2c(CC(=O)O)cn(C(C)C)c2n1. The van der Waals surface area contributed by atoms with Crippen LogP contribution in [-0.4, -0.2) is 25.6 Å². The fourth-order valence-electron chi connectivity index (χ4n) is 2.24. The van der Waals surface area contributed by atoms with Gasteiger partial charge in [0.05, 0.1) is 12.1 Å². The molecule has 0 spiro atoms. The van der Waals surface area contributed by atoms with Gasteiger partial charge in [0.2, 0.25) is 0 Å². The summed E-state index contributed by atoms with van der Waals surface area (Å²) in [6, 6.07) is 0.240. The predicted octanol–water partition coefficient (Wildman–Crippen LogP) is 2.26. The largest absolute Gasteiger partial charge is 0.481 e. The second-order valence-corrected chi connectivity index (χ2v) is 4.78. The lowest BCUT2D eigenvalue weighted by molar-refractivity contribution is -0.136. The van der Waals surface area contributed by atoms with Crippen molar-refractivity contribution in [1.82, 2.24) is 14.5 Å². The Bertz CT molecular complexity index is 614. The number of aryl methyl sites for hydroxylation is 2. The number of hydrogen-bond donors (Lipinski definition) is 1. The maximum Gasteiger partial charge on any atom is 0.307 e. The molecule has 18 heavy (non-hydrogen) atoms. The van der Waals surface area contributed by atoms with Gasteiger partial charge in [0.1, 0.15) is 11.5 Å². The maximum atomic E-state index is 10.9. The van der Waals surface area contributed by atoms with Crippen molar-refractivity contribution < 1.29 is 9.90 Å². The normalized spacial score (nSPS) is 11.4. The molecule has 5 heteroatoms. The molecule has 0 saturated heterocycles. The van der Waals surface area contributed by atoms with Crippen molar-refractivity contribution in [2.75, 3.05) is 0 Å². The van der Waals surface area contributed by atoms with Crippen LogP contribution in [0.25, 0.3) is 11.0 Å². The number of carbonyl (C=O) groups is 1. The van der Waals surface area contributed by atoms with Gasteiger partial charge in [-0.1, -0.05) is 0 Å². The van der Waals surface area contributed by atoms with E-state index in [4.69, 9.17) is 5.11 Å². The summed E-state index contributed by atoms with van der Waals surface area (Å²) in [6.45, 7) is 7.85. The van der Waals surface area contributed by atoms with Crippen LogP contribution in [0, 0.1) is 13.8 Å². The van der Waals surface area contributed by atoms with Crippen molar-refractivity contribution in [2.45, 2.75) is 40.2 Å². The van der Waals surface area contributed by atoms with Crippen LogP contribution in [0.3, 0.4) is 0 Å². The number of aromatic nitrogens is 3.